The SMILES string of the molecule is O=C(N[C@H]1CCOC1=O)c1cccc(-n2cc(CN(Cc3cn(-c4cccc(C(=O)N[C@H]5CCOC5=O)c4)nn3)Cc3cn(-c4cccc(C(=O)N[C@H]5CCOC5=O)c4)nn3)nn2)c1. The van der Waals surface area contributed by atoms with E-state index in [2.05, 4.69) is 46.9 Å². The second-order valence-corrected chi connectivity index (χ2v) is 15.2. The molecule has 0 spiro atoms. The summed E-state index contributed by atoms with van der Waals surface area (Å²) in [6, 6.07) is 18.2. The van der Waals surface area contributed by atoms with Gasteiger partial charge in [0.05, 0.1) is 72.6 Å². The predicted octanol–water partition coefficient (Wildman–Crippen LogP) is 0.767. The number of hydrogen-bond donors (Lipinski definition) is 3. The van der Waals surface area contributed by atoms with Crippen LogP contribution in [0.3, 0.4) is 0 Å². The number of benzene rings is 3. The van der Waals surface area contributed by atoms with Gasteiger partial charge in [0.2, 0.25) is 0 Å². The molecule has 326 valence electrons. The standard InChI is InChI=1S/C42H39N13O9/c56-37(43-34-10-13-62-40(34)59)25-4-1-7-31(16-25)53-22-28(46-49-53)19-52(20-29-23-54(50-47-29)32-8-2-5-26(17-32)38(57)44-35-11-14-63-41(35)60)21-30-24-55(51-48-30)33-9-3-6-27(18-33)39(58)45-36-12-15-64-42(36)61/h1-9,16-18,22-24,34-36H,10-15,19-21H2,(H,43,56)(H,44,57)(H,45,58)/t34-,35-,36-/m0/s1. The summed E-state index contributed by atoms with van der Waals surface area (Å²) in [4.78, 5) is 76.8. The maximum absolute atomic E-state index is 13.0. The maximum Gasteiger partial charge on any atom is 0.328 e. The lowest BCUT2D eigenvalue weighted by Gasteiger charge is -2.18. The normalized spacial score (nSPS) is 18.1. The monoisotopic (exact) mass is 869 g/mol. The molecule has 0 saturated carbocycles. The van der Waals surface area contributed by atoms with Crippen LogP contribution in [0.5, 0.6) is 0 Å². The van der Waals surface area contributed by atoms with Crippen LogP contribution >= 0.6 is 0 Å². The van der Waals surface area contributed by atoms with Crippen molar-refractivity contribution in [3.8, 4) is 17.1 Å². The van der Waals surface area contributed by atoms with E-state index in [9.17, 15) is 28.8 Å². The third-order valence-corrected chi connectivity index (χ3v) is 10.6. The first-order valence-electron chi connectivity index (χ1n) is 20.3. The Kier molecular flexibility index (Phi) is 11.6. The first kappa shape index (κ1) is 41.2. The fourth-order valence-electron chi connectivity index (χ4n) is 7.32. The number of cyclic esters (lactones) is 3. The molecule has 3 atom stereocenters. The van der Waals surface area contributed by atoms with Gasteiger partial charge in [0.1, 0.15) is 18.1 Å². The fourth-order valence-corrected chi connectivity index (χ4v) is 7.32. The molecule has 0 unspecified atom stereocenters. The largest absolute Gasteiger partial charge is 0.464 e. The lowest BCUT2D eigenvalue weighted by atomic mass is 10.1. The number of nitrogens with zero attached hydrogens (tertiary/aromatic N) is 10. The van der Waals surface area contributed by atoms with Crippen molar-refractivity contribution in [1.29, 1.82) is 0 Å². The molecule has 3 aromatic carbocycles. The van der Waals surface area contributed by atoms with Gasteiger partial charge in [-0.1, -0.05) is 33.8 Å². The number of ether oxygens (including phenoxy) is 3. The van der Waals surface area contributed by atoms with Crippen molar-refractivity contribution in [2.45, 2.75) is 57.0 Å². The number of rotatable bonds is 15. The third-order valence-electron chi connectivity index (χ3n) is 10.6. The fraction of sp³-hybridized carbons (Fsp3) is 0.286. The molecule has 3 saturated heterocycles. The highest BCUT2D eigenvalue weighted by molar-refractivity contribution is 5.99. The summed E-state index contributed by atoms with van der Waals surface area (Å²) in [6.07, 6.45) is 6.40. The van der Waals surface area contributed by atoms with Crippen LogP contribution in [0.1, 0.15) is 67.4 Å². The Labute approximate surface area is 362 Å². The Morgan fingerprint density at radius 3 is 1.11 bits per heavy atom. The third kappa shape index (κ3) is 9.35. The summed E-state index contributed by atoms with van der Waals surface area (Å²) in [5.41, 5.74) is 4.39. The van der Waals surface area contributed by atoms with Crippen molar-refractivity contribution >= 4 is 35.6 Å². The Bertz CT molecular complexity index is 2470. The highest BCUT2D eigenvalue weighted by Gasteiger charge is 2.30. The number of carbonyl (C=O) groups is 6. The second kappa shape index (κ2) is 18.1. The highest BCUT2D eigenvalue weighted by Crippen LogP contribution is 2.19. The molecule has 22 nitrogen and oxygen atoms in total. The molecule has 6 heterocycles. The Hall–Kier alpha value is -8.14. The van der Waals surface area contributed by atoms with Crippen LogP contribution in [0.15, 0.2) is 91.4 Å². The van der Waals surface area contributed by atoms with Gasteiger partial charge in [-0.15, -0.1) is 15.3 Å². The Morgan fingerprint density at radius 2 is 0.828 bits per heavy atom. The molecular weight excluding hydrogens is 831 g/mol. The van der Waals surface area contributed by atoms with Crippen LogP contribution in [-0.4, -0.2) is 123 Å². The molecule has 3 aliphatic rings. The Balaban J connectivity index is 0.931. The van der Waals surface area contributed by atoms with Crippen LogP contribution in [-0.2, 0) is 48.2 Å². The van der Waals surface area contributed by atoms with Gasteiger partial charge in [-0.2, -0.15) is 0 Å². The quantitative estimate of drug-likeness (QED) is 0.0951. The van der Waals surface area contributed by atoms with Gasteiger partial charge in [-0.3, -0.25) is 19.3 Å². The van der Waals surface area contributed by atoms with Gasteiger partial charge in [0.25, 0.3) is 17.7 Å². The van der Waals surface area contributed by atoms with Crippen LogP contribution in [0.4, 0.5) is 0 Å². The van der Waals surface area contributed by atoms with Crippen molar-refractivity contribution < 1.29 is 43.0 Å². The highest BCUT2D eigenvalue weighted by atomic mass is 16.5. The summed E-state index contributed by atoms with van der Waals surface area (Å²) in [5.74, 6) is -2.66. The summed E-state index contributed by atoms with van der Waals surface area (Å²) < 4.78 is 19.5. The molecule has 3 N–H and O–H groups in total. The van der Waals surface area contributed by atoms with E-state index in [1.54, 1.807) is 91.4 Å². The minimum Gasteiger partial charge on any atom is -0.464 e. The van der Waals surface area contributed by atoms with E-state index in [1.165, 1.54) is 14.0 Å². The van der Waals surface area contributed by atoms with Gasteiger partial charge >= 0.3 is 17.9 Å². The molecule has 0 aliphatic carbocycles. The predicted molar refractivity (Wildman–Crippen MR) is 218 cm³/mol. The number of carbonyl (C=O) groups excluding carboxylic acids is 6. The molecule has 0 bridgehead atoms. The minimum absolute atomic E-state index is 0.252. The topological polar surface area (TPSA) is 262 Å². The smallest absolute Gasteiger partial charge is 0.328 e. The molecule has 6 aromatic rings. The van der Waals surface area contributed by atoms with Crippen molar-refractivity contribution in [2.24, 2.45) is 0 Å². The van der Waals surface area contributed by atoms with Crippen LogP contribution < -0.4 is 16.0 Å². The van der Waals surface area contributed by atoms with Gasteiger partial charge in [0, 0.05) is 55.6 Å². The molecule has 22 heteroatoms. The summed E-state index contributed by atoms with van der Waals surface area (Å²) in [5, 5.41) is 34.4. The summed E-state index contributed by atoms with van der Waals surface area (Å²) >= 11 is 0. The van der Waals surface area contributed by atoms with E-state index in [-0.39, 0.29) is 39.5 Å². The molecule has 3 fully saturated rings. The van der Waals surface area contributed by atoms with Crippen molar-refractivity contribution in [3.05, 3.63) is 125 Å². The first-order chi connectivity index (χ1) is 31.1. The number of hydrogen-bond acceptors (Lipinski definition) is 16. The van der Waals surface area contributed by atoms with Gasteiger partial charge in [-0.05, 0) is 54.6 Å². The molecule has 64 heavy (non-hydrogen) atoms. The van der Waals surface area contributed by atoms with E-state index in [0.717, 1.165) is 0 Å². The average Bonchev–Trinajstić information content (AvgIpc) is 4.19. The zero-order chi connectivity index (χ0) is 44.2. The van der Waals surface area contributed by atoms with Gasteiger partial charge in [-0.25, -0.2) is 28.4 Å². The van der Waals surface area contributed by atoms with Crippen molar-refractivity contribution in [1.82, 2.24) is 65.8 Å². The number of esters is 3. The van der Waals surface area contributed by atoms with E-state index < -0.39 is 53.8 Å². The van der Waals surface area contributed by atoms with Gasteiger partial charge < -0.3 is 30.2 Å². The van der Waals surface area contributed by atoms with E-state index in [1.807, 2.05) is 4.90 Å². The average molecular weight is 870 g/mol. The zero-order valence-corrected chi connectivity index (χ0v) is 33.9. The van der Waals surface area contributed by atoms with Crippen molar-refractivity contribution in [2.75, 3.05) is 19.8 Å². The number of aromatic nitrogens is 9. The molecular formula is C42H39N13O9. The van der Waals surface area contributed by atoms with Gasteiger partial charge in [0.15, 0.2) is 0 Å². The summed E-state index contributed by atoms with van der Waals surface area (Å²) in [7, 11) is 0. The molecule has 0 radical (unpaired) electrons. The maximum atomic E-state index is 13.0. The Morgan fingerprint density at radius 1 is 0.516 bits per heavy atom. The van der Waals surface area contributed by atoms with E-state index in [4.69, 9.17) is 14.2 Å². The lowest BCUT2D eigenvalue weighted by molar-refractivity contribution is -0.140. The van der Waals surface area contributed by atoms with Crippen LogP contribution in [0.25, 0.3) is 17.1 Å². The second-order valence-electron chi connectivity index (χ2n) is 15.2. The van der Waals surface area contributed by atoms with E-state index in [0.29, 0.717) is 70.1 Å². The van der Waals surface area contributed by atoms with Crippen molar-refractivity contribution in [3.63, 3.8) is 0 Å². The van der Waals surface area contributed by atoms with Crippen LogP contribution in [0, 0.1) is 0 Å². The minimum atomic E-state index is -0.702. The number of amides is 3. The van der Waals surface area contributed by atoms with E-state index >= 15 is 0 Å². The number of nitrogens with one attached hydrogen (secondary N) is 3. The molecule has 3 amide bonds. The molecule has 3 aromatic heterocycles. The molecule has 3 aliphatic heterocycles. The lowest BCUT2D eigenvalue weighted by Crippen LogP contribution is -2.37. The van der Waals surface area contributed by atoms with Crippen LogP contribution in [0.2, 0.25) is 0 Å². The summed E-state index contributed by atoms with van der Waals surface area (Å²) in [6.45, 7) is 1.52. The zero-order valence-electron chi connectivity index (χ0n) is 33.9. The first-order valence-corrected chi connectivity index (χ1v) is 20.3. The molecule has 9 rings (SSSR count).